The molecule has 0 spiro atoms. The van der Waals surface area contributed by atoms with Crippen LogP contribution < -0.4 is 21.4 Å². The van der Waals surface area contributed by atoms with Crippen LogP contribution in [0.3, 0.4) is 0 Å². The molecule has 192 valence electrons. The minimum absolute atomic E-state index is 0.151. The van der Waals surface area contributed by atoms with Crippen LogP contribution in [0.2, 0.25) is 0 Å². The lowest BCUT2D eigenvalue weighted by Gasteiger charge is -2.26. The van der Waals surface area contributed by atoms with Gasteiger partial charge in [-0.1, -0.05) is 0 Å². The molecule has 0 aliphatic carbocycles. The molecule has 0 aromatic carbocycles. The van der Waals surface area contributed by atoms with Crippen LogP contribution in [0, 0.1) is 0 Å². The van der Waals surface area contributed by atoms with Gasteiger partial charge in [0.15, 0.2) is 8.45 Å². The number of esters is 2. The highest BCUT2D eigenvalue weighted by Gasteiger charge is 2.30. The molecule has 12 nitrogen and oxygen atoms in total. The smallest absolute Gasteiger partial charge is 0.330 e. The summed E-state index contributed by atoms with van der Waals surface area (Å²) in [4.78, 5) is 50.0. The number of nitrogens with one attached hydrogen (secondary N) is 3. The molecule has 1 aliphatic heterocycles. The van der Waals surface area contributed by atoms with Gasteiger partial charge in [0.25, 0.3) is 5.56 Å². The summed E-state index contributed by atoms with van der Waals surface area (Å²) in [5.74, 6) is -0.889. The molecule has 13 heteroatoms. The van der Waals surface area contributed by atoms with Crippen molar-refractivity contribution in [2.45, 2.75) is 91.0 Å². The lowest BCUT2D eigenvalue weighted by atomic mass is 10.2. The van der Waals surface area contributed by atoms with Gasteiger partial charge in [-0.05, 0) is 54.4 Å². The fourth-order valence-corrected chi connectivity index (χ4v) is 4.52. The minimum atomic E-state index is -1.65. The van der Waals surface area contributed by atoms with E-state index < -0.39 is 49.9 Å². The van der Waals surface area contributed by atoms with Crippen LogP contribution in [0.15, 0.2) is 21.9 Å². The molecule has 4 atom stereocenters. The molecule has 1 aromatic heterocycles. The average molecular weight is 503 g/mol. The van der Waals surface area contributed by atoms with Crippen molar-refractivity contribution in [3.63, 3.8) is 0 Å². The predicted octanol–water partition coefficient (Wildman–Crippen LogP) is 1.32. The Morgan fingerprint density at radius 2 is 1.62 bits per heavy atom. The zero-order chi connectivity index (χ0) is 25.4. The Balaban J connectivity index is 1.99. The second-order valence-corrected chi connectivity index (χ2v) is 9.93. The van der Waals surface area contributed by atoms with Gasteiger partial charge in [-0.2, -0.15) is 0 Å². The lowest BCUT2D eigenvalue weighted by Crippen LogP contribution is -2.41. The summed E-state index contributed by atoms with van der Waals surface area (Å²) in [5, 5.41) is 6.08. The van der Waals surface area contributed by atoms with Gasteiger partial charge < -0.3 is 18.7 Å². The third kappa shape index (κ3) is 8.92. The summed E-state index contributed by atoms with van der Waals surface area (Å²) in [6, 6.07) is -0.116. The monoisotopic (exact) mass is 502 g/mol. The number of aromatic amines is 1. The number of rotatable bonds is 12. The number of ether oxygens (including phenoxy) is 3. The van der Waals surface area contributed by atoms with Gasteiger partial charge in [0.05, 0.1) is 24.9 Å². The third-order valence-corrected chi connectivity index (χ3v) is 6.32. The van der Waals surface area contributed by atoms with Crippen LogP contribution >= 0.6 is 8.45 Å². The summed E-state index contributed by atoms with van der Waals surface area (Å²) in [6.07, 6.45) is 1.20. The molecule has 0 bridgehead atoms. The van der Waals surface area contributed by atoms with Gasteiger partial charge in [0, 0.05) is 12.3 Å². The van der Waals surface area contributed by atoms with E-state index in [2.05, 4.69) is 15.2 Å². The van der Waals surface area contributed by atoms with Crippen molar-refractivity contribution in [3.8, 4) is 0 Å². The van der Waals surface area contributed by atoms with Crippen LogP contribution in [-0.2, 0) is 28.3 Å². The van der Waals surface area contributed by atoms with E-state index in [1.54, 1.807) is 41.5 Å². The van der Waals surface area contributed by atoms with E-state index in [0.29, 0.717) is 12.8 Å². The van der Waals surface area contributed by atoms with Gasteiger partial charge in [-0.3, -0.25) is 23.9 Å². The number of carbonyl (C=O) groups excluding carboxylic acids is 2. The molecule has 0 saturated carbocycles. The Bertz CT molecular complexity index is 904. The number of aromatic nitrogens is 2. The first-order valence-corrected chi connectivity index (χ1v) is 12.6. The first-order chi connectivity index (χ1) is 16.0. The van der Waals surface area contributed by atoms with Crippen LogP contribution in [0.4, 0.5) is 0 Å². The van der Waals surface area contributed by atoms with E-state index in [1.807, 2.05) is 0 Å². The maximum atomic E-state index is 12.2. The van der Waals surface area contributed by atoms with Gasteiger partial charge in [0.2, 0.25) is 0 Å². The Morgan fingerprint density at radius 3 is 2.12 bits per heavy atom. The van der Waals surface area contributed by atoms with E-state index in [4.69, 9.17) is 18.7 Å². The molecule has 3 N–H and O–H groups in total. The SMILES string of the molecule is CC(C)OC(=O)C(C)NP(NC(C)C(=O)OC(C)C)OCC1CCC(n2ccc(=O)[nH]c2=O)O1. The largest absolute Gasteiger partial charge is 0.462 e. The summed E-state index contributed by atoms with van der Waals surface area (Å²) >= 11 is 0. The summed E-state index contributed by atoms with van der Waals surface area (Å²) in [6.45, 7) is 10.5. The number of hydrogen-bond acceptors (Lipinski definition) is 10. The standard InChI is InChI=1S/C21H35N4O8P/c1-12(2)31-19(27)14(5)23-34(24-15(6)20(28)32-13(3)4)30-11-16-7-8-18(33-16)25-10-9-17(26)22-21(25)29/h9-10,12-16,18,23-24H,7-8,11H2,1-6H3,(H,22,26,29). The Morgan fingerprint density at radius 1 is 1.06 bits per heavy atom. The Hall–Kier alpha value is -2.11. The molecule has 1 fully saturated rings. The molecule has 1 saturated heterocycles. The van der Waals surface area contributed by atoms with Crippen LogP contribution in [0.25, 0.3) is 0 Å². The highest BCUT2D eigenvalue weighted by molar-refractivity contribution is 7.48. The van der Waals surface area contributed by atoms with Crippen LogP contribution in [-0.4, -0.2) is 58.5 Å². The van der Waals surface area contributed by atoms with Crippen molar-refractivity contribution in [1.82, 2.24) is 19.7 Å². The molecule has 2 heterocycles. The summed E-state index contributed by atoms with van der Waals surface area (Å²) < 4.78 is 23.7. The van der Waals surface area contributed by atoms with Crippen molar-refractivity contribution < 1.29 is 28.3 Å². The van der Waals surface area contributed by atoms with E-state index in [0.717, 1.165) is 0 Å². The number of nitrogens with zero attached hydrogens (tertiary/aromatic N) is 1. The summed E-state index contributed by atoms with van der Waals surface area (Å²) in [7, 11) is -1.65. The van der Waals surface area contributed by atoms with Crippen molar-refractivity contribution in [1.29, 1.82) is 0 Å². The van der Waals surface area contributed by atoms with E-state index in [1.165, 1.54) is 16.8 Å². The predicted molar refractivity (Wildman–Crippen MR) is 125 cm³/mol. The molecular formula is C21H35N4O8P. The van der Waals surface area contributed by atoms with Crippen LogP contribution in [0.5, 0.6) is 0 Å². The molecule has 34 heavy (non-hydrogen) atoms. The van der Waals surface area contributed by atoms with E-state index >= 15 is 0 Å². The van der Waals surface area contributed by atoms with Gasteiger partial charge >= 0.3 is 17.6 Å². The summed E-state index contributed by atoms with van der Waals surface area (Å²) in [5.41, 5.74) is -1.02. The quantitative estimate of drug-likeness (QED) is 0.282. The molecule has 4 unspecified atom stereocenters. The van der Waals surface area contributed by atoms with Gasteiger partial charge in [0.1, 0.15) is 18.3 Å². The fraction of sp³-hybridized carbons (Fsp3) is 0.714. The number of carbonyl (C=O) groups is 2. The highest BCUT2D eigenvalue weighted by atomic mass is 31.2. The topological polar surface area (TPSA) is 150 Å². The fourth-order valence-electron chi connectivity index (χ4n) is 3.06. The maximum absolute atomic E-state index is 12.2. The number of hydrogen-bond donors (Lipinski definition) is 3. The maximum Gasteiger partial charge on any atom is 0.330 e. The Kier molecular flexibility index (Phi) is 10.8. The van der Waals surface area contributed by atoms with Crippen molar-refractivity contribution in [3.05, 3.63) is 33.1 Å². The molecule has 0 radical (unpaired) electrons. The second-order valence-electron chi connectivity index (χ2n) is 8.57. The molecule has 1 aliphatic rings. The van der Waals surface area contributed by atoms with Crippen molar-refractivity contribution in [2.75, 3.05) is 6.61 Å². The zero-order valence-corrected chi connectivity index (χ0v) is 21.3. The average Bonchev–Trinajstić information content (AvgIpc) is 3.19. The normalized spacial score (nSPS) is 20.8. The third-order valence-electron chi connectivity index (χ3n) is 4.67. The zero-order valence-electron chi connectivity index (χ0n) is 20.4. The molecule has 2 rings (SSSR count). The number of H-pyrrole nitrogens is 1. The molecule has 0 amide bonds. The molecular weight excluding hydrogens is 467 g/mol. The first-order valence-electron chi connectivity index (χ1n) is 11.3. The van der Waals surface area contributed by atoms with E-state index in [9.17, 15) is 19.2 Å². The first kappa shape index (κ1) is 28.1. The highest BCUT2D eigenvalue weighted by Crippen LogP contribution is 2.33. The second kappa shape index (κ2) is 13.1. The Labute approximate surface area is 199 Å². The van der Waals surface area contributed by atoms with Gasteiger partial charge in [-0.15, -0.1) is 0 Å². The van der Waals surface area contributed by atoms with Crippen molar-refractivity contribution in [2.24, 2.45) is 0 Å². The van der Waals surface area contributed by atoms with E-state index in [-0.39, 0.29) is 24.9 Å². The van der Waals surface area contributed by atoms with Gasteiger partial charge in [-0.25, -0.2) is 15.0 Å². The minimum Gasteiger partial charge on any atom is -0.462 e. The van der Waals surface area contributed by atoms with Crippen LogP contribution in [0.1, 0.15) is 60.6 Å². The van der Waals surface area contributed by atoms with Crippen molar-refractivity contribution >= 4 is 20.4 Å². The molecule has 1 aromatic rings. The lowest BCUT2D eigenvalue weighted by molar-refractivity contribution is -0.149.